The molecule has 7 heteroatoms. The lowest BCUT2D eigenvalue weighted by atomic mass is 9.97. The standard InChI is InChI=1S/C12H19FN2O3S/c1-3-12(2,6-7-16)15-19(17,18)11-8-9(14)4-5-10(11)13/h4-5,8,15-16H,3,6-7,14H2,1-2H3. The molecule has 1 aromatic rings. The molecule has 0 radical (unpaired) electrons. The number of benzene rings is 1. The van der Waals surface area contributed by atoms with E-state index in [0.717, 1.165) is 12.1 Å². The molecule has 0 aliphatic carbocycles. The van der Waals surface area contributed by atoms with Crippen molar-refractivity contribution >= 4 is 15.7 Å². The minimum absolute atomic E-state index is 0.160. The van der Waals surface area contributed by atoms with Gasteiger partial charge in [0.2, 0.25) is 10.0 Å². The Kier molecular flexibility index (Phi) is 4.89. The summed E-state index contributed by atoms with van der Waals surface area (Å²) in [6, 6.07) is 3.38. The highest BCUT2D eigenvalue weighted by Gasteiger charge is 2.30. The molecule has 0 amide bonds. The largest absolute Gasteiger partial charge is 0.399 e. The van der Waals surface area contributed by atoms with Gasteiger partial charge in [0.1, 0.15) is 10.7 Å². The molecule has 1 atom stereocenters. The normalized spacial score (nSPS) is 15.2. The number of sulfonamides is 1. The second-order valence-corrected chi connectivity index (χ2v) is 6.33. The number of nitrogen functional groups attached to an aromatic ring is 1. The first-order valence-corrected chi connectivity index (χ1v) is 7.42. The van der Waals surface area contributed by atoms with Crippen LogP contribution in [0.2, 0.25) is 0 Å². The van der Waals surface area contributed by atoms with E-state index in [-0.39, 0.29) is 18.7 Å². The van der Waals surface area contributed by atoms with E-state index in [9.17, 15) is 12.8 Å². The highest BCUT2D eigenvalue weighted by molar-refractivity contribution is 7.89. The molecule has 0 aliphatic heterocycles. The van der Waals surface area contributed by atoms with E-state index >= 15 is 0 Å². The number of aliphatic hydroxyl groups is 1. The van der Waals surface area contributed by atoms with Crippen LogP contribution >= 0.6 is 0 Å². The van der Waals surface area contributed by atoms with Gasteiger partial charge in [-0.05, 0) is 38.0 Å². The fourth-order valence-electron chi connectivity index (χ4n) is 1.65. The van der Waals surface area contributed by atoms with Crippen molar-refractivity contribution in [2.24, 2.45) is 0 Å². The van der Waals surface area contributed by atoms with Gasteiger partial charge in [-0.2, -0.15) is 0 Å². The van der Waals surface area contributed by atoms with Crippen LogP contribution in [-0.2, 0) is 10.0 Å². The first-order chi connectivity index (χ1) is 8.74. The second-order valence-electron chi connectivity index (χ2n) is 4.68. The highest BCUT2D eigenvalue weighted by Crippen LogP contribution is 2.22. The molecular weight excluding hydrogens is 271 g/mol. The van der Waals surface area contributed by atoms with Crippen molar-refractivity contribution < 1.29 is 17.9 Å². The Hall–Kier alpha value is -1.18. The van der Waals surface area contributed by atoms with E-state index in [1.165, 1.54) is 6.07 Å². The number of aliphatic hydroxyl groups excluding tert-OH is 1. The van der Waals surface area contributed by atoms with E-state index in [2.05, 4.69) is 4.72 Å². The summed E-state index contributed by atoms with van der Waals surface area (Å²) in [5.74, 6) is -0.857. The van der Waals surface area contributed by atoms with Crippen LogP contribution in [0.3, 0.4) is 0 Å². The maximum absolute atomic E-state index is 13.6. The highest BCUT2D eigenvalue weighted by atomic mass is 32.2. The van der Waals surface area contributed by atoms with Crippen molar-refractivity contribution in [2.45, 2.75) is 37.1 Å². The average Bonchev–Trinajstić information content (AvgIpc) is 2.31. The Morgan fingerprint density at radius 2 is 2.11 bits per heavy atom. The van der Waals surface area contributed by atoms with Gasteiger partial charge >= 0.3 is 0 Å². The molecule has 19 heavy (non-hydrogen) atoms. The number of hydrogen-bond acceptors (Lipinski definition) is 4. The maximum atomic E-state index is 13.6. The molecule has 0 fully saturated rings. The SMILES string of the molecule is CCC(C)(CCO)NS(=O)(=O)c1cc(N)ccc1F. The summed E-state index contributed by atoms with van der Waals surface area (Å²) < 4.78 is 40.4. The number of nitrogens with one attached hydrogen (secondary N) is 1. The molecule has 0 heterocycles. The molecule has 5 nitrogen and oxygen atoms in total. The van der Waals surface area contributed by atoms with Gasteiger partial charge in [0.05, 0.1) is 0 Å². The number of anilines is 1. The van der Waals surface area contributed by atoms with E-state index in [4.69, 9.17) is 10.8 Å². The lowest BCUT2D eigenvalue weighted by Gasteiger charge is -2.28. The van der Waals surface area contributed by atoms with Gasteiger partial charge in [0.25, 0.3) is 0 Å². The van der Waals surface area contributed by atoms with Crippen LogP contribution in [-0.4, -0.2) is 25.7 Å². The molecule has 0 spiro atoms. The van der Waals surface area contributed by atoms with Gasteiger partial charge in [-0.1, -0.05) is 6.92 Å². The molecule has 0 aliphatic rings. The topological polar surface area (TPSA) is 92.4 Å². The van der Waals surface area contributed by atoms with Crippen LogP contribution in [0, 0.1) is 5.82 Å². The lowest BCUT2D eigenvalue weighted by Crippen LogP contribution is -2.46. The molecule has 0 saturated heterocycles. The van der Waals surface area contributed by atoms with Gasteiger partial charge in [-0.15, -0.1) is 0 Å². The third-order valence-corrected chi connectivity index (χ3v) is 4.72. The van der Waals surface area contributed by atoms with Crippen molar-refractivity contribution in [3.05, 3.63) is 24.0 Å². The zero-order chi connectivity index (χ0) is 14.7. The Labute approximate surface area is 112 Å². The number of nitrogens with two attached hydrogens (primary N) is 1. The Bertz CT molecular complexity index is 548. The van der Waals surface area contributed by atoms with E-state index in [0.29, 0.717) is 6.42 Å². The van der Waals surface area contributed by atoms with Gasteiger partial charge < -0.3 is 10.8 Å². The summed E-state index contributed by atoms with van der Waals surface area (Å²) in [6.45, 7) is 3.28. The van der Waals surface area contributed by atoms with Crippen LogP contribution in [0.1, 0.15) is 26.7 Å². The molecule has 4 N–H and O–H groups in total. The number of halogens is 1. The molecule has 1 aromatic carbocycles. The molecule has 1 rings (SSSR count). The summed E-state index contributed by atoms with van der Waals surface area (Å²) in [7, 11) is -4.02. The fraction of sp³-hybridized carbons (Fsp3) is 0.500. The van der Waals surface area contributed by atoms with Crippen LogP contribution in [0.5, 0.6) is 0 Å². The van der Waals surface area contributed by atoms with Crippen molar-refractivity contribution in [3.8, 4) is 0 Å². The van der Waals surface area contributed by atoms with Gasteiger partial charge in [-0.25, -0.2) is 17.5 Å². The third-order valence-electron chi connectivity index (χ3n) is 3.07. The fourth-order valence-corrected chi connectivity index (χ4v) is 3.27. The van der Waals surface area contributed by atoms with Crippen LogP contribution in [0.25, 0.3) is 0 Å². The minimum atomic E-state index is -4.02. The van der Waals surface area contributed by atoms with Crippen LogP contribution < -0.4 is 10.5 Å². The molecule has 1 unspecified atom stereocenters. The van der Waals surface area contributed by atoms with Gasteiger partial charge in [0.15, 0.2) is 0 Å². The van der Waals surface area contributed by atoms with Crippen molar-refractivity contribution in [2.75, 3.05) is 12.3 Å². The molecule has 108 valence electrons. The lowest BCUT2D eigenvalue weighted by molar-refractivity contribution is 0.233. The molecule has 0 aromatic heterocycles. The van der Waals surface area contributed by atoms with E-state index in [1.807, 2.05) is 0 Å². The summed E-state index contributed by atoms with van der Waals surface area (Å²) in [4.78, 5) is -0.481. The summed E-state index contributed by atoms with van der Waals surface area (Å²) in [5, 5.41) is 8.97. The molecule has 0 saturated carbocycles. The Balaban J connectivity index is 3.14. The quantitative estimate of drug-likeness (QED) is 0.687. The van der Waals surface area contributed by atoms with Crippen molar-refractivity contribution in [1.29, 1.82) is 0 Å². The molecule has 0 bridgehead atoms. The Morgan fingerprint density at radius 1 is 1.47 bits per heavy atom. The van der Waals surface area contributed by atoms with E-state index in [1.54, 1.807) is 13.8 Å². The maximum Gasteiger partial charge on any atom is 0.244 e. The average molecular weight is 290 g/mol. The monoisotopic (exact) mass is 290 g/mol. The van der Waals surface area contributed by atoms with Crippen molar-refractivity contribution in [1.82, 2.24) is 4.72 Å². The smallest absolute Gasteiger partial charge is 0.244 e. The minimum Gasteiger partial charge on any atom is -0.399 e. The third kappa shape index (κ3) is 3.89. The second kappa shape index (κ2) is 5.85. The zero-order valence-corrected chi connectivity index (χ0v) is 11.8. The predicted molar refractivity (Wildman–Crippen MR) is 71.5 cm³/mol. The summed E-state index contributed by atoms with van der Waals surface area (Å²) >= 11 is 0. The van der Waals surface area contributed by atoms with Crippen molar-refractivity contribution in [3.63, 3.8) is 0 Å². The van der Waals surface area contributed by atoms with E-state index < -0.39 is 26.3 Å². The summed E-state index contributed by atoms with van der Waals surface area (Å²) in [5.41, 5.74) is 4.82. The van der Waals surface area contributed by atoms with Crippen LogP contribution in [0.4, 0.5) is 10.1 Å². The first-order valence-electron chi connectivity index (χ1n) is 5.94. The summed E-state index contributed by atoms with van der Waals surface area (Å²) in [6.07, 6.45) is 0.712. The van der Waals surface area contributed by atoms with Crippen LogP contribution in [0.15, 0.2) is 23.1 Å². The zero-order valence-electron chi connectivity index (χ0n) is 11.0. The predicted octanol–water partition coefficient (Wildman–Crippen LogP) is 1.24. The first kappa shape index (κ1) is 15.9. The number of rotatable bonds is 6. The Morgan fingerprint density at radius 3 is 2.63 bits per heavy atom. The number of hydrogen-bond donors (Lipinski definition) is 3. The molecular formula is C12H19FN2O3S. The van der Waals surface area contributed by atoms with Gasteiger partial charge in [0, 0.05) is 17.8 Å². The van der Waals surface area contributed by atoms with Gasteiger partial charge in [-0.3, -0.25) is 0 Å².